The van der Waals surface area contributed by atoms with E-state index in [1.54, 1.807) is 0 Å². The van der Waals surface area contributed by atoms with Crippen LogP contribution in [0.15, 0.2) is 60.7 Å². The molecule has 3 heteroatoms. The van der Waals surface area contributed by atoms with Gasteiger partial charge in [0.2, 0.25) is 0 Å². The van der Waals surface area contributed by atoms with Crippen molar-refractivity contribution in [3.63, 3.8) is 0 Å². The zero-order valence-corrected chi connectivity index (χ0v) is 13.4. The van der Waals surface area contributed by atoms with Crippen molar-refractivity contribution >= 4 is 23.2 Å². The summed E-state index contributed by atoms with van der Waals surface area (Å²) in [6.45, 7) is 1.04. The fraction of sp³-hybridized carbons (Fsp3) is 0.333. The molecular weight excluding hydrogens is 303 g/mol. The zero-order valence-electron chi connectivity index (χ0n) is 11.9. The topological polar surface area (TPSA) is 9.23 Å². The van der Waals surface area contributed by atoms with E-state index in [-0.39, 0.29) is 10.8 Å². The summed E-state index contributed by atoms with van der Waals surface area (Å²) in [7, 11) is 0. The van der Waals surface area contributed by atoms with Gasteiger partial charge in [-0.15, -0.1) is 23.2 Å². The molecule has 112 valence electrons. The van der Waals surface area contributed by atoms with E-state index >= 15 is 0 Å². The van der Waals surface area contributed by atoms with E-state index in [9.17, 15) is 0 Å². The number of alkyl halides is 2. The molecule has 0 aliphatic carbocycles. The summed E-state index contributed by atoms with van der Waals surface area (Å²) >= 11 is 12.6. The van der Waals surface area contributed by atoms with E-state index in [1.807, 2.05) is 36.4 Å². The van der Waals surface area contributed by atoms with Crippen molar-refractivity contribution in [3.8, 4) is 0 Å². The second-order valence-electron chi connectivity index (χ2n) is 5.11. The first kappa shape index (κ1) is 16.4. The predicted octanol–water partition coefficient (Wildman–Crippen LogP) is 4.70. The van der Waals surface area contributed by atoms with Gasteiger partial charge < -0.3 is 4.74 Å². The van der Waals surface area contributed by atoms with Gasteiger partial charge in [-0.25, -0.2) is 0 Å². The fourth-order valence-corrected chi connectivity index (χ4v) is 2.72. The minimum absolute atomic E-state index is 0.0204. The Morgan fingerprint density at radius 3 is 1.43 bits per heavy atom. The largest absolute Gasteiger partial charge is 0.378 e. The van der Waals surface area contributed by atoms with Gasteiger partial charge in [-0.1, -0.05) is 60.7 Å². The highest BCUT2D eigenvalue weighted by Gasteiger charge is 2.10. The third kappa shape index (κ3) is 6.52. The van der Waals surface area contributed by atoms with Crippen LogP contribution in [-0.2, 0) is 17.6 Å². The van der Waals surface area contributed by atoms with Gasteiger partial charge in [-0.3, -0.25) is 0 Å². The van der Waals surface area contributed by atoms with Crippen molar-refractivity contribution < 1.29 is 4.74 Å². The summed E-state index contributed by atoms with van der Waals surface area (Å²) in [5, 5.41) is -0.0408. The average Bonchev–Trinajstić information content (AvgIpc) is 2.49. The Morgan fingerprint density at radius 1 is 0.667 bits per heavy atom. The lowest BCUT2D eigenvalue weighted by molar-refractivity contribution is 0.134. The molecule has 0 saturated heterocycles. The van der Waals surface area contributed by atoms with E-state index in [0.29, 0.717) is 13.2 Å². The third-order valence-electron chi connectivity index (χ3n) is 3.20. The smallest absolute Gasteiger partial charge is 0.0634 e. The normalized spacial score (nSPS) is 13.8. The molecule has 0 bridgehead atoms. The van der Waals surface area contributed by atoms with Gasteiger partial charge in [-0.05, 0) is 24.0 Å². The van der Waals surface area contributed by atoms with E-state index < -0.39 is 0 Å². The maximum atomic E-state index is 6.29. The Balaban J connectivity index is 1.64. The molecule has 0 spiro atoms. The quantitative estimate of drug-likeness (QED) is 0.640. The second kappa shape index (κ2) is 9.09. The van der Waals surface area contributed by atoms with Crippen LogP contribution in [0.5, 0.6) is 0 Å². The van der Waals surface area contributed by atoms with Gasteiger partial charge in [0, 0.05) is 0 Å². The van der Waals surface area contributed by atoms with Gasteiger partial charge in [0.25, 0.3) is 0 Å². The highest BCUT2D eigenvalue weighted by Crippen LogP contribution is 2.11. The molecule has 2 unspecified atom stereocenters. The van der Waals surface area contributed by atoms with E-state index in [2.05, 4.69) is 24.3 Å². The van der Waals surface area contributed by atoms with Crippen molar-refractivity contribution in [3.05, 3.63) is 71.8 Å². The Hall–Kier alpha value is -1.02. The van der Waals surface area contributed by atoms with Crippen LogP contribution in [0.2, 0.25) is 0 Å². The van der Waals surface area contributed by atoms with Crippen molar-refractivity contribution in [2.45, 2.75) is 23.6 Å². The highest BCUT2D eigenvalue weighted by molar-refractivity contribution is 6.21. The average molecular weight is 323 g/mol. The number of hydrogen-bond acceptors (Lipinski definition) is 1. The minimum atomic E-state index is -0.0204. The number of halogens is 2. The number of benzene rings is 2. The zero-order chi connectivity index (χ0) is 14.9. The molecule has 0 heterocycles. The Morgan fingerprint density at radius 2 is 1.05 bits per heavy atom. The van der Waals surface area contributed by atoms with Crippen LogP contribution in [0.25, 0.3) is 0 Å². The predicted molar refractivity (Wildman–Crippen MR) is 90.4 cm³/mol. The molecule has 0 N–H and O–H groups in total. The van der Waals surface area contributed by atoms with Gasteiger partial charge in [0.15, 0.2) is 0 Å². The molecule has 21 heavy (non-hydrogen) atoms. The molecule has 0 saturated carbocycles. The van der Waals surface area contributed by atoms with Gasteiger partial charge in [-0.2, -0.15) is 0 Å². The summed E-state index contributed by atoms with van der Waals surface area (Å²) < 4.78 is 5.64. The molecule has 0 fully saturated rings. The number of ether oxygens (including phenoxy) is 1. The van der Waals surface area contributed by atoms with Crippen molar-refractivity contribution in [1.29, 1.82) is 0 Å². The fourth-order valence-electron chi connectivity index (χ4n) is 2.18. The highest BCUT2D eigenvalue weighted by atomic mass is 35.5. The first-order chi connectivity index (χ1) is 10.2. The molecule has 0 aliphatic rings. The van der Waals surface area contributed by atoms with E-state index in [4.69, 9.17) is 27.9 Å². The maximum absolute atomic E-state index is 6.29. The lowest BCUT2D eigenvalue weighted by Gasteiger charge is -2.13. The molecule has 2 aromatic rings. The second-order valence-corrected chi connectivity index (χ2v) is 6.35. The Bertz CT molecular complexity index is 454. The molecule has 2 rings (SSSR count). The summed E-state index contributed by atoms with van der Waals surface area (Å²) in [6.07, 6.45) is 1.63. The van der Waals surface area contributed by atoms with Crippen LogP contribution in [0.1, 0.15) is 11.1 Å². The maximum Gasteiger partial charge on any atom is 0.0634 e. The van der Waals surface area contributed by atoms with Gasteiger partial charge >= 0.3 is 0 Å². The molecule has 2 aromatic carbocycles. The van der Waals surface area contributed by atoms with E-state index in [1.165, 1.54) is 11.1 Å². The lowest BCUT2D eigenvalue weighted by atomic mass is 10.1. The van der Waals surface area contributed by atoms with Crippen molar-refractivity contribution in [2.24, 2.45) is 0 Å². The van der Waals surface area contributed by atoms with Crippen LogP contribution in [0, 0.1) is 0 Å². The van der Waals surface area contributed by atoms with Crippen LogP contribution in [0.4, 0.5) is 0 Å². The summed E-state index contributed by atoms with van der Waals surface area (Å²) in [4.78, 5) is 0. The number of rotatable bonds is 8. The monoisotopic (exact) mass is 322 g/mol. The Kier molecular flexibility index (Phi) is 7.08. The number of hydrogen-bond donors (Lipinski definition) is 0. The van der Waals surface area contributed by atoms with Crippen LogP contribution in [0.3, 0.4) is 0 Å². The molecule has 0 aromatic heterocycles. The molecule has 0 aliphatic heterocycles. The summed E-state index contributed by atoms with van der Waals surface area (Å²) in [5.41, 5.74) is 2.46. The molecule has 0 radical (unpaired) electrons. The summed E-state index contributed by atoms with van der Waals surface area (Å²) in [6, 6.07) is 20.4. The molecule has 2 atom stereocenters. The van der Waals surface area contributed by atoms with Gasteiger partial charge in [0.1, 0.15) is 0 Å². The first-order valence-corrected chi connectivity index (χ1v) is 8.05. The lowest BCUT2D eigenvalue weighted by Crippen LogP contribution is -2.18. The van der Waals surface area contributed by atoms with Crippen LogP contribution >= 0.6 is 23.2 Å². The van der Waals surface area contributed by atoms with Gasteiger partial charge in [0.05, 0.1) is 24.0 Å². The van der Waals surface area contributed by atoms with Crippen LogP contribution in [-0.4, -0.2) is 24.0 Å². The molecular formula is C18H20Cl2O. The Labute approximate surface area is 136 Å². The minimum Gasteiger partial charge on any atom is -0.378 e. The first-order valence-electron chi connectivity index (χ1n) is 7.18. The SMILES string of the molecule is ClC(COCC(Cl)Cc1ccccc1)Cc1ccccc1. The summed E-state index contributed by atoms with van der Waals surface area (Å²) in [5.74, 6) is 0. The van der Waals surface area contributed by atoms with Crippen molar-refractivity contribution in [2.75, 3.05) is 13.2 Å². The molecule has 1 nitrogen and oxygen atoms in total. The third-order valence-corrected chi connectivity index (χ3v) is 3.76. The standard InChI is InChI=1S/C18H20Cl2O/c19-17(11-15-7-3-1-4-8-15)13-21-14-18(20)12-16-9-5-2-6-10-16/h1-10,17-18H,11-14H2. The van der Waals surface area contributed by atoms with Crippen molar-refractivity contribution in [1.82, 2.24) is 0 Å². The van der Waals surface area contributed by atoms with E-state index in [0.717, 1.165) is 12.8 Å². The molecule has 0 amide bonds. The van der Waals surface area contributed by atoms with Crippen LogP contribution < -0.4 is 0 Å².